The van der Waals surface area contributed by atoms with Crippen LogP contribution in [0.25, 0.3) is 11.0 Å². The van der Waals surface area contributed by atoms with E-state index in [1.54, 1.807) is 47.4 Å². The average molecular weight is 415 g/mol. The summed E-state index contributed by atoms with van der Waals surface area (Å²) < 4.78 is 39.9. The van der Waals surface area contributed by atoms with Crippen LogP contribution in [0.4, 0.5) is 8.78 Å². The van der Waals surface area contributed by atoms with E-state index in [0.29, 0.717) is 16.5 Å². The maximum atomic E-state index is 13.2. The molecule has 1 aromatic heterocycles. The van der Waals surface area contributed by atoms with Crippen molar-refractivity contribution < 1.29 is 27.5 Å². The molecule has 1 saturated carbocycles. The Morgan fingerprint density at radius 1 is 1.17 bits per heavy atom. The normalized spacial score (nSPS) is 13.5. The van der Waals surface area contributed by atoms with Crippen LogP contribution in [0, 0.1) is 0 Å². The second kappa shape index (κ2) is 8.14. The van der Waals surface area contributed by atoms with Crippen molar-refractivity contribution in [1.82, 2.24) is 4.90 Å². The first kappa shape index (κ1) is 19.9. The van der Waals surface area contributed by atoms with Crippen LogP contribution >= 0.6 is 0 Å². The number of ether oxygens (including phenoxy) is 2. The third-order valence-electron chi connectivity index (χ3n) is 4.92. The molecule has 1 aliphatic rings. The molecule has 8 heteroatoms. The van der Waals surface area contributed by atoms with E-state index in [4.69, 9.17) is 9.15 Å². The zero-order chi connectivity index (χ0) is 21.3. The van der Waals surface area contributed by atoms with Gasteiger partial charge < -0.3 is 18.8 Å². The summed E-state index contributed by atoms with van der Waals surface area (Å²) in [6.07, 6.45) is 1.66. The molecule has 30 heavy (non-hydrogen) atoms. The predicted octanol–water partition coefficient (Wildman–Crippen LogP) is 4.21. The maximum absolute atomic E-state index is 13.2. The van der Waals surface area contributed by atoms with Gasteiger partial charge in [-0.05, 0) is 42.7 Å². The van der Waals surface area contributed by atoms with Gasteiger partial charge in [-0.15, -0.1) is 0 Å². The third kappa shape index (κ3) is 4.12. The van der Waals surface area contributed by atoms with Crippen molar-refractivity contribution in [2.24, 2.45) is 0 Å². The summed E-state index contributed by atoms with van der Waals surface area (Å²) in [4.78, 5) is 27.2. The van der Waals surface area contributed by atoms with Crippen molar-refractivity contribution in [2.75, 3.05) is 7.11 Å². The number of rotatable bonds is 7. The molecule has 1 aliphatic carbocycles. The van der Waals surface area contributed by atoms with Crippen molar-refractivity contribution in [1.29, 1.82) is 0 Å². The van der Waals surface area contributed by atoms with Crippen LogP contribution in [-0.4, -0.2) is 30.6 Å². The number of carbonyl (C=O) groups is 1. The maximum Gasteiger partial charge on any atom is 0.387 e. The highest BCUT2D eigenvalue weighted by Crippen LogP contribution is 2.33. The number of benzene rings is 2. The second-order valence-electron chi connectivity index (χ2n) is 7.01. The lowest BCUT2D eigenvalue weighted by atomic mass is 10.1. The smallest absolute Gasteiger partial charge is 0.387 e. The number of methoxy groups -OCH3 is 1. The van der Waals surface area contributed by atoms with E-state index in [2.05, 4.69) is 4.74 Å². The summed E-state index contributed by atoms with van der Waals surface area (Å²) in [5.74, 6) is -0.374. The van der Waals surface area contributed by atoms with Gasteiger partial charge in [0.05, 0.1) is 7.11 Å². The van der Waals surface area contributed by atoms with E-state index in [9.17, 15) is 18.4 Å². The second-order valence-corrected chi connectivity index (χ2v) is 7.01. The van der Waals surface area contributed by atoms with Gasteiger partial charge in [0.25, 0.3) is 5.91 Å². The molecule has 1 fully saturated rings. The van der Waals surface area contributed by atoms with E-state index in [-0.39, 0.29) is 29.6 Å². The number of alkyl halides is 2. The predicted molar refractivity (Wildman–Crippen MR) is 105 cm³/mol. The van der Waals surface area contributed by atoms with Crippen LogP contribution in [0.3, 0.4) is 0 Å². The summed E-state index contributed by atoms with van der Waals surface area (Å²) in [6, 6.07) is 13.0. The highest BCUT2D eigenvalue weighted by molar-refractivity contribution is 5.97. The average Bonchev–Trinajstić information content (AvgIpc) is 3.56. The van der Waals surface area contributed by atoms with Crippen LogP contribution in [0.15, 0.2) is 57.7 Å². The van der Waals surface area contributed by atoms with Gasteiger partial charge in [0, 0.05) is 18.0 Å². The molecule has 6 nitrogen and oxygen atoms in total. The quantitative estimate of drug-likeness (QED) is 0.541. The van der Waals surface area contributed by atoms with Gasteiger partial charge in [-0.2, -0.15) is 8.78 Å². The Kier molecular flexibility index (Phi) is 5.39. The molecular weight excluding hydrogens is 396 g/mol. The fourth-order valence-electron chi connectivity index (χ4n) is 3.32. The molecule has 0 spiro atoms. The van der Waals surface area contributed by atoms with Gasteiger partial charge in [-0.3, -0.25) is 4.79 Å². The Balaban J connectivity index is 1.63. The number of fused-ring (bicyclic) bond motifs is 1. The molecule has 1 heterocycles. The first-order chi connectivity index (χ1) is 14.5. The highest BCUT2D eigenvalue weighted by atomic mass is 19.3. The minimum Gasteiger partial charge on any atom is -0.493 e. The van der Waals surface area contributed by atoms with Crippen LogP contribution < -0.4 is 15.1 Å². The van der Waals surface area contributed by atoms with Crippen molar-refractivity contribution in [3.05, 3.63) is 70.1 Å². The molecule has 0 N–H and O–H groups in total. The zero-order valence-electron chi connectivity index (χ0n) is 16.1. The largest absolute Gasteiger partial charge is 0.493 e. The fourth-order valence-corrected chi connectivity index (χ4v) is 3.32. The topological polar surface area (TPSA) is 69.0 Å². The third-order valence-corrected chi connectivity index (χ3v) is 4.92. The van der Waals surface area contributed by atoms with Gasteiger partial charge in [-0.25, -0.2) is 4.79 Å². The number of para-hydroxylation sites is 1. The molecule has 0 saturated heterocycles. The number of nitrogens with zero attached hydrogens (tertiary/aromatic N) is 1. The van der Waals surface area contributed by atoms with Crippen molar-refractivity contribution in [3.8, 4) is 11.5 Å². The Bertz CT molecular complexity index is 1140. The Morgan fingerprint density at radius 3 is 2.63 bits per heavy atom. The van der Waals surface area contributed by atoms with Gasteiger partial charge in [0.15, 0.2) is 11.5 Å². The summed E-state index contributed by atoms with van der Waals surface area (Å²) in [6.45, 7) is -2.78. The van der Waals surface area contributed by atoms with Crippen LogP contribution in [-0.2, 0) is 6.54 Å². The Morgan fingerprint density at radius 2 is 1.93 bits per heavy atom. The molecule has 0 radical (unpaired) electrons. The summed E-state index contributed by atoms with van der Waals surface area (Å²) in [7, 11) is 1.35. The van der Waals surface area contributed by atoms with E-state index in [1.807, 2.05) is 0 Å². The first-order valence-electron chi connectivity index (χ1n) is 9.42. The molecule has 4 rings (SSSR count). The lowest BCUT2D eigenvalue weighted by Crippen LogP contribution is -2.35. The van der Waals surface area contributed by atoms with E-state index in [0.717, 1.165) is 12.8 Å². The fraction of sp³-hybridized carbons (Fsp3) is 0.273. The highest BCUT2D eigenvalue weighted by Gasteiger charge is 2.34. The minimum atomic E-state index is -2.97. The number of carbonyl (C=O) groups excluding carboxylic acids is 1. The molecule has 0 atom stereocenters. The van der Waals surface area contributed by atoms with Crippen molar-refractivity contribution >= 4 is 16.9 Å². The lowest BCUT2D eigenvalue weighted by molar-refractivity contribution is -0.0512. The van der Waals surface area contributed by atoms with E-state index < -0.39 is 18.1 Å². The molecule has 2 aromatic carbocycles. The number of amides is 1. The first-order valence-corrected chi connectivity index (χ1v) is 9.42. The summed E-state index contributed by atoms with van der Waals surface area (Å²) >= 11 is 0. The standard InChI is InChI=1S/C22H19F2NO5/c1-28-19-10-13(6-9-18(19)30-22(23)24)12-25(15-7-8-15)20(26)16-11-14-4-2-3-5-17(14)29-21(16)27/h2-6,9-11,15,22H,7-8,12H2,1H3. The Labute approximate surface area is 170 Å². The minimum absolute atomic E-state index is 0.00588. The lowest BCUT2D eigenvalue weighted by Gasteiger charge is -2.23. The molecule has 3 aromatic rings. The molecular formula is C22H19F2NO5. The monoisotopic (exact) mass is 415 g/mol. The molecule has 0 bridgehead atoms. The molecule has 1 amide bonds. The summed E-state index contributed by atoms with van der Waals surface area (Å²) in [5.41, 5.74) is 0.350. The van der Waals surface area contributed by atoms with Gasteiger partial charge in [0.2, 0.25) is 0 Å². The zero-order valence-corrected chi connectivity index (χ0v) is 16.1. The number of hydrogen-bond donors (Lipinski definition) is 0. The van der Waals surface area contributed by atoms with E-state index >= 15 is 0 Å². The number of halogens is 2. The SMILES string of the molecule is COc1cc(CN(C(=O)c2cc3ccccc3oc2=O)C2CC2)ccc1OC(F)F. The molecule has 156 valence electrons. The molecule has 0 unspecified atom stereocenters. The van der Waals surface area contributed by atoms with Crippen LogP contribution in [0.2, 0.25) is 0 Å². The van der Waals surface area contributed by atoms with E-state index in [1.165, 1.54) is 13.2 Å². The van der Waals surface area contributed by atoms with Crippen LogP contribution in [0.1, 0.15) is 28.8 Å². The van der Waals surface area contributed by atoms with Crippen molar-refractivity contribution in [3.63, 3.8) is 0 Å². The molecule has 0 aliphatic heterocycles. The van der Waals surface area contributed by atoms with Crippen LogP contribution in [0.5, 0.6) is 11.5 Å². The summed E-state index contributed by atoms with van der Waals surface area (Å²) in [5, 5.41) is 0.659. The Hall–Kier alpha value is -3.42. The van der Waals surface area contributed by atoms with Gasteiger partial charge in [0.1, 0.15) is 11.1 Å². The van der Waals surface area contributed by atoms with Gasteiger partial charge in [-0.1, -0.05) is 24.3 Å². The van der Waals surface area contributed by atoms with Crippen molar-refractivity contribution in [2.45, 2.75) is 32.0 Å². The number of hydrogen-bond acceptors (Lipinski definition) is 5. The van der Waals surface area contributed by atoms with Gasteiger partial charge >= 0.3 is 12.2 Å².